The molecule has 0 radical (unpaired) electrons. The molecule has 150 valence electrons. The van der Waals surface area contributed by atoms with Gasteiger partial charge in [-0.25, -0.2) is 9.59 Å². The normalized spacial score (nSPS) is 11.8. The molecule has 0 aliphatic rings. The number of carboxylic acids is 1. The van der Waals surface area contributed by atoms with Crippen molar-refractivity contribution in [3.63, 3.8) is 0 Å². The SMILES string of the molecule is CSCC(NC(=O)COc1ccc2c(-c3ccccc3)cc(=O)oc2c1)C(=O)O. The van der Waals surface area contributed by atoms with E-state index in [2.05, 4.69) is 5.32 Å². The Morgan fingerprint density at radius 1 is 1.17 bits per heavy atom. The van der Waals surface area contributed by atoms with Crippen molar-refractivity contribution in [2.45, 2.75) is 6.04 Å². The molecule has 0 aliphatic heterocycles. The number of ether oxygens (including phenoxy) is 1. The predicted molar refractivity (Wildman–Crippen MR) is 111 cm³/mol. The summed E-state index contributed by atoms with van der Waals surface area (Å²) in [6.07, 6.45) is 1.76. The van der Waals surface area contributed by atoms with Crippen molar-refractivity contribution in [1.82, 2.24) is 5.32 Å². The van der Waals surface area contributed by atoms with Crippen molar-refractivity contribution in [2.75, 3.05) is 18.6 Å². The zero-order valence-electron chi connectivity index (χ0n) is 15.6. The molecular weight excluding hydrogens is 394 g/mol. The number of hydrogen-bond acceptors (Lipinski definition) is 6. The van der Waals surface area contributed by atoms with E-state index in [9.17, 15) is 14.4 Å². The van der Waals surface area contributed by atoms with Crippen molar-refractivity contribution in [2.24, 2.45) is 0 Å². The molecule has 0 bridgehead atoms. The maximum Gasteiger partial charge on any atom is 0.336 e. The fourth-order valence-electron chi connectivity index (χ4n) is 2.82. The van der Waals surface area contributed by atoms with Gasteiger partial charge >= 0.3 is 11.6 Å². The average Bonchev–Trinajstić information content (AvgIpc) is 2.71. The number of fused-ring (bicyclic) bond motifs is 1. The summed E-state index contributed by atoms with van der Waals surface area (Å²) < 4.78 is 10.7. The Morgan fingerprint density at radius 3 is 2.62 bits per heavy atom. The Kier molecular flexibility index (Phi) is 6.56. The summed E-state index contributed by atoms with van der Waals surface area (Å²) in [6, 6.07) is 14.9. The smallest absolute Gasteiger partial charge is 0.336 e. The first-order valence-electron chi connectivity index (χ1n) is 8.75. The Labute approximate surface area is 170 Å². The summed E-state index contributed by atoms with van der Waals surface area (Å²) in [5.74, 6) is -1.07. The predicted octanol–water partition coefficient (Wildman–Crippen LogP) is 2.77. The summed E-state index contributed by atoms with van der Waals surface area (Å²) in [5.41, 5.74) is 1.46. The van der Waals surface area contributed by atoms with Gasteiger partial charge in [0.1, 0.15) is 17.4 Å². The molecule has 3 rings (SSSR count). The minimum Gasteiger partial charge on any atom is -0.484 e. The van der Waals surface area contributed by atoms with Gasteiger partial charge in [-0.15, -0.1) is 0 Å². The zero-order valence-corrected chi connectivity index (χ0v) is 16.4. The second kappa shape index (κ2) is 9.29. The summed E-state index contributed by atoms with van der Waals surface area (Å²) >= 11 is 1.32. The summed E-state index contributed by atoms with van der Waals surface area (Å²) in [5, 5.41) is 12.2. The molecule has 1 amide bonds. The molecule has 0 saturated heterocycles. The van der Waals surface area contributed by atoms with Crippen LogP contribution in [-0.2, 0) is 9.59 Å². The number of hydrogen-bond donors (Lipinski definition) is 2. The van der Waals surface area contributed by atoms with Gasteiger partial charge in [0.25, 0.3) is 5.91 Å². The van der Waals surface area contributed by atoms with Crippen LogP contribution in [0.25, 0.3) is 22.1 Å². The topological polar surface area (TPSA) is 106 Å². The van der Waals surface area contributed by atoms with E-state index in [4.69, 9.17) is 14.3 Å². The van der Waals surface area contributed by atoms with Crippen molar-refractivity contribution in [3.8, 4) is 16.9 Å². The van der Waals surface area contributed by atoms with E-state index in [0.717, 1.165) is 16.5 Å². The van der Waals surface area contributed by atoms with Crippen molar-refractivity contribution >= 4 is 34.6 Å². The van der Waals surface area contributed by atoms with E-state index in [1.165, 1.54) is 23.9 Å². The van der Waals surface area contributed by atoms with E-state index in [0.29, 0.717) is 11.3 Å². The largest absolute Gasteiger partial charge is 0.484 e. The van der Waals surface area contributed by atoms with Crippen LogP contribution in [0.5, 0.6) is 5.75 Å². The lowest BCUT2D eigenvalue weighted by molar-refractivity contribution is -0.141. The lowest BCUT2D eigenvalue weighted by Gasteiger charge is -2.14. The number of carbonyl (C=O) groups excluding carboxylic acids is 1. The lowest BCUT2D eigenvalue weighted by atomic mass is 10.0. The van der Waals surface area contributed by atoms with Gasteiger partial charge in [-0.3, -0.25) is 4.79 Å². The highest BCUT2D eigenvalue weighted by molar-refractivity contribution is 7.98. The number of carbonyl (C=O) groups is 2. The van der Waals surface area contributed by atoms with Gasteiger partial charge in [-0.1, -0.05) is 30.3 Å². The van der Waals surface area contributed by atoms with Crippen LogP contribution in [0, 0.1) is 0 Å². The highest BCUT2D eigenvalue weighted by Crippen LogP contribution is 2.29. The third kappa shape index (κ3) is 5.17. The number of thioether (sulfide) groups is 1. The number of carboxylic acid groups (broad SMARTS) is 1. The fraction of sp³-hybridized carbons (Fsp3) is 0.190. The molecule has 0 saturated carbocycles. The van der Waals surface area contributed by atoms with E-state index in [1.54, 1.807) is 18.4 Å². The van der Waals surface area contributed by atoms with Gasteiger partial charge in [-0.2, -0.15) is 11.8 Å². The molecule has 1 aromatic heterocycles. The molecule has 1 unspecified atom stereocenters. The minimum atomic E-state index is -1.10. The van der Waals surface area contributed by atoms with Gasteiger partial charge in [0.05, 0.1) is 0 Å². The van der Waals surface area contributed by atoms with Gasteiger partial charge in [0, 0.05) is 23.3 Å². The van der Waals surface area contributed by atoms with Gasteiger partial charge < -0.3 is 19.6 Å². The van der Waals surface area contributed by atoms with Crippen LogP contribution in [-0.4, -0.2) is 41.6 Å². The monoisotopic (exact) mass is 413 g/mol. The van der Waals surface area contributed by atoms with Crippen LogP contribution >= 0.6 is 11.8 Å². The molecule has 7 nitrogen and oxygen atoms in total. The molecule has 1 heterocycles. The van der Waals surface area contributed by atoms with Crippen LogP contribution in [0.15, 0.2) is 63.8 Å². The van der Waals surface area contributed by atoms with Crippen LogP contribution in [0.2, 0.25) is 0 Å². The summed E-state index contributed by atoms with van der Waals surface area (Å²) in [6.45, 7) is -0.355. The molecule has 8 heteroatoms. The Bertz CT molecular complexity index is 1080. The second-order valence-corrected chi connectivity index (χ2v) is 7.12. The fourth-order valence-corrected chi connectivity index (χ4v) is 3.37. The van der Waals surface area contributed by atoms with Gasteiger partial charge in [0.2, 0.25) is 0 Å². The van der Waals surface area contributed by atoms with Crippen molar-refractivity contribution in [1.29, 1.82) is 0 Å². The Hall–Kier alpha value is -3.26. The molecule has 2 aromatic carbocycles. The van der Waals surface area contributed by atoms with E-state index in [1.807, 2.05) is 30.3 Å². The molecule has 0 aliphatic carbocycles. The van der Waals surface area contributed by atoms with Crippen molar-refractivity contribution in [3.05, 3.63) is 65.0 Å². The number of rotatable bonds is 8. The Balaban J connectivity index is 1.77. The standard InChI is InChI=1S/C21H19NO6S/c1-29-12-17(21(25)26)22-19(23)11-27-14-7-8-15-16(13-5-3-2-4-6-13)10-20(24)28-18(15)9-14/h2-10,17H,11-12H2,1H3,(H,22,23)(H,25,26). The molecule has 2 N–H and O–H groups in total. The minimum absolute atomic E-state index is 0.254. The second-order valence-electron chi connectivity index (χ2n) is 6.21. The molecule has 3 aromatic rings. The zero-order chi connectivity index (χ0) is 20.8. The lowest BCUT2D eigenvalue weighted by Crippen LogP contribution is -2.44. The van der Waals surface area contributed by atoms with Crippen molar-refractivity contribution < 1.29 is 23.8 Å². The van der Waals surface area contributed by atoms with Crippen LogP contribution < -0.4 is 15.7 Å². The first-order chi connectivity index (χ1) is 14.0. The molecule has 0 spiro atoms. The number of aliphatic carboxylic acids is 1. The molecular formula is C21H19NO6S. The average molecular weight is 413 g/mol. The van der Waals surface area contributed by atoms with Gasteiger partial charge in [-0.05, 0) is 29.5 Å². The third-order valence-corrected chi connectivity index (χ3v) is 4.80. The quantitative estimate of drug-likeness (QED) is 0.547. The highest BCUT2D eigenvalue weighted by Gasteiger charge is 2.19. The van der Waals surface area contributed by atoms with Crippen LogP contribution in [0.4, 0.5) is 0 Å². The first-order valence-corrected chi connectivity index (χ1v) is 10.1. The molecule has 29 heavy (non-hydrogen) atoms. The van der Waals surface area contributed by atoms with E-state index < -0.39 is 23.5 Å². The van der Waals surface area contributed by atoms with E-state index in [-0.39, 0.29) is 12.4 Å². The maximum atomic E-state index is 12.0. The van der Waals surface area contributed by atoms with Crippen LogP contribution in [0.3, 0.4) is 0 Å². The Morgan fingerprint density at radius 2 is 1.93 bits per heavy atom. The molecule has 1 atom stereocenters. The maximum absolute atomic E-state index is 12.0. The van der Waals surface area contributed by atoms with Gasteiger partial charge in [0.15, 0.2) is 6.61 Å². The number of benzene rings is 2. The number of nitrogens with one attached hydrogen (secondary N) is 1. The highest BCUT2D eigenvalue weighted by atomic mass is 32.2. The molecule has 0 fully saturated rings. The summed E-state index contributed by atoms with van der Waals surface area (Å²) in [7, 11) is 0. The van der Waals surface area contributed by atoms with E-state index >= 15 is 0 Å². The number of amides is 1. The third-order valence-electron chi connectivity index (χ3n) is 4.14. The first kappa shape index (κ1) is 20.5. The summed E-state index contributed by atoms with van der Waals surface area (Å²) in [4.78, 5) is 35.1. The van der Waals surface area contributed by atoms with Crippen LogP contribution in [0.1, 0.15) is 0 Å².